The Morgan fingerprint density at radius 1 is 1.32 bits per heavy atom. The van der Waals surface area contributed by atoms with Crippen LogP contribution in [0.2, 0.25) is 0 Å². The third-order valence-electron chi connectivity index (χ3n) is 2.84. The summed E-state index contributed by atoms with van der Waals surface area (Å²) in [5, 5.41) is 1.00. The molecule has 0 amide bonds. The van der Waals surface area contributed by atoms with Gasteiger partial charge in [0, 0.05) is 22.7 Å². The molecule has 0 aliphatic carbocycles. The molecule has 0 radical (unpaired) electrons. The van der Waals surface area contributed by atoms with Crippen molar-refractivity contribution < 1.29 is 9.47 Å². The Bertz CT molecular complexity index is 557. The molecule has 1 heterocycles. The van der Waals surface area contributed by atoms with Gasteiger partial charge in [0.05, 0.1) is 25.3 Å². The van der Waals surface area contributed by atoms with E-state index in [0.717, 1.165) is 26.9 Å². The largest absolute Gasteiger partial charge is 0.497 e. The van der Waals surface area contributed by atoms with Gasteiger partial charge in [0.25, 0.3) is 0 Å². The minimum Gasteiger partial charge on any atom is -0.497 e. The summed E-state index contributed by atoms with van der Waals surface area (Å²) in [6.07, 6.45) is 1.83. The number of ether oxygens (including phenoxy) is 2. The summed E-state index contributed by atoms with van der Waals surface area (Å²) >= 11 is 1.60. The van der Waals surface area contributed by atoms with E-state index in [2.05, 4.69) is 10.4 Å². The zero-order chi connectivity index (χ0) is 13.8. The average molecular weight is 279 g/mol. The molecule has 0 bridgehead atoms. The van der Waals surface area contributed by atoms with E-state index >= 15 is 0 Å². The van der Waals surface area contributed by atoms with Crippen molar-refractivity contribution in [3.63, 3.8) is 0 Å². The molecule has 0 saturated carbocycles. The number of nitrogens with one attached hydrogen (secondary N) is 1. The third kappa shape index (κ3) is 2.86. The second kappa shape index (κ2) is 6.01. The van der Waals surface area contributed by atoms with Gasteiger partial charge in [-0.05, 0) is 19.1 Å². The summed E-state index contributed by atoms with van der Waals surface area (Å²) in [7, 11) is 3.25. The van der Waals surface area contributed by atoms with Crippen molar-refractivity contribution in [3.05, 3.63) is 39.8 Å². The van der Waals surface area contributed by atoms with E-state index in [1.165, 1.54) is 0 Å². The van der Waals surface area contributed by atoms with Crippen LogP contribution >= 0.6 is 11.3 Å². The molecule has 0 aliphatic rings. The second-order valence-electron chi connectivity index (χ2n) is 3.99. The maximum absolute atomic E-state index is 5.68. The van der Waals surface area contributed by atoms with E-state index in [4.69, 9.17) is 15.3 Å². The fourth-order valence-corrected chi connectivity index (χ4v) is 2.76. The van der Waals surface area contributed by atoms with Crippen LogP contribution in [0.15, 0.2) is 24.4 Å². The molecule has 1 unspecified atom stereocenters. The Hall–Kier alpha value is -1.63. The molecule has 102 valence electrons. The van der Waals surface area contributed by atoms with Crippen LogP contribution in [0.4, 0.5) is 0 Å². The molecular formula is C13H17N3O2S. The SMILES string of the molecule is COc1ccc(C(NN)c2cnc(C)s2)c(OC)c1. The van der Waals surface area contributed by atoms with Crippen molar-refractivity contribution in [2.75, 3.05) is 14.2 Å². The summed E-state index contributed by atoms with van der Waals surface area (Å²) in [5.74, 6) is 7.16. The smallest absolute Gasteiger partial charge is 0.127 e. The van der Waals surface area contributed by atoms with Crippen molar-refractivity contribution in [3.8, 4) is 11.5 Å². The summed E-state index contributed by atoms with van der Waals surface area (Å²) in [5.41, 5.74) is 3.76. The number of thiazole rings is 1. The number of aromatic nitrogens is 1. The van der Waals surface area contributed by atoms with E-state index in [-0.39, 0.29) is 6.04 Å². The quantitative estimate of drug-likeness (QED) is 0.647. The molecule has 6 heteroatoms. The summed E-state index contributed by atoms with van der Waals surface area (Å²) in [6.45, 7) is 1.97. The normalized spacial score (nSPS) is 12.2. The molecule has 2 rings (SSSR count). The van der Waals surface area contributed by atoms with Crippen LogP contribution in [0.3, 0.4) is 0 Å². The number of aryl methyl sites for hydroxylation is 1. The Kier molecular flexibility index (Phi) is 4.36. The van der Waals surface area contributed by atoms with Crippen LogP contribution in [0, 0.1) is 6.92 Å². The van der Waals surface area contributed by atoms with Crippen LogP contribution in [0.1, 0.15) is 21.5 Å². The third-order valence-corrected chi connectivity index (χ3v) is 3.82. The van der Waals surface area contributed by atoms with Crippen LogP contribution in [0.5, 0.6) is 11.5 Å². The lowest BCUT2D eigenvalue weighted by Gasteiger charge is -2.18. The highest BCUT2D eigenvalue weighted by Gasteiger charge is 2.19. The standard InChI is InChI=1S/C13H17N3O2S/c1-8-15-7-12(19-8)13(16-14)10-5-4-9(17-2)6-11(10)18-3/h4-7,13,16H,14H2,1-3H3. The van der Waals surface area contributed by atoms with Gasteiger partial charge in [-0.2, -0.15) is 0 Å². The molecule has 2 aromatic rings. The molecule has 1 aromatic heterocycles. The van der Waals surface area contributed by atoms with Gasteiger partial charge in [-0.3, -0.25) is 5.84 Å². The van der Waals surface area contributed by atoms with Crippen LogP contribution in [0.25, 0.3) is 0 Å². The first-order valence-corrected chi connectivity index (χ1v) is 6.61. The molecule has 0 fully saturated rings. The summed E-state index contributed by atoms with van der Waals surface area (Å²) in [4.78, 5) is 5.30. The molecular weight excluding hydrogens is 262 g/mol. The molecule has 5 nitrogen and oxygen atoms in total. The number of rotatable bonds is 5. The van der Waals surface area contributed by atoms with Gasteiger partial charge in [-0.25, -0.2) is 10.4 Å². The number of nitrogens with two attached hydrogens (primary N) is 1. The molecule has 1 atom stereocenters. The first-order chi connectivity index (χ1) is 9.19. The Morgan fingerprint density at radius 3 is 2.63 bits per heavy atom. The van der Waals surface area contributed by atoms with Gasteiger partial charge in [0.1, 0.15) is 11.5 Å². The Balaban J connectivity index is 2.43. The molecule has 19 heavy (non-hydrogen) atoms. The monoisotopic (exact) mass is 279 g/mol. The highest BCUT2D eigenvalue weighted by atomic mass is 32.1. The summed E-state index contributed by atoms with van der Waals surface area (Å²) < 4.78 is 10.6. The predicted molar refractivity (Wildman–Crippen MR) is 75.6 cm³/mol. The van der Waals surface area contributed by atoms with Crippen LogP contribution < -0.4 is 20.7 Å². The number of benzene rings is 1. The van der Waals surface area contributed by atoms with Gasteiger partial charge in [-0.1, -0.05) is 0 Å². The lowest BCUT2D eigenvalue weighted by atomic mass is 10.0. The van der Waals surface area contributed by atoms with E-state index in [1.54, 1.807) is 25.6 Å². The maximum Gasteiger partial charge on any atom is 0.127 e. The number of hydrazine groups is 1. The number of hydrogen-bond acceptors (Lipinski definition) is 6. The minimum atomic E-state index is -0.146. The van der Waals surface area contributed by atoms with Gasteiger partial charge in [0.15, 0.2) is 0 Å². The molecule has 0 spiro atoms. The average Bonchev–Trinajstić information content (AvgIpc) is 2.86. The van der Waals surface area contributed by atoms with Crippen LogP contribution in [-0.2, 0) is 0 Å². The molecule has 1 aromatic carbocycles. The Morgan fingerprint density at radius 2 is 2.11 bits per heavy atom. The molecule has 3 N–H and O–H groups in total. The van der Waals surface area contributed by atoms with Crippen LogP contribution in [-0.4, -0.2) is 19.2 Å². The fourth-order valence-electron chi connectivity index (χ4n) is 1.89. The predicted octanol–water partition coefficient (Wildman–Crippen LogP) is 2.02. The van der Waals surface area contributed by atoms with E-state index < -0.39 is 0 Å². The Labute approximate surface area is 116 Å². The highest BCUT2D eigenvalue weighted by molar-refractivity contribution is 7.11. The summed E-state index contributed by atoms with van der Waals surface area (Å²) in [6, 6.07) is 5.52. The van der Waals surface area contributed by atoms with Crippen molar-refractivity contribution >= 4 is 11.3 Å². The van der Waals surface area contributed by atoms with Crippen molar-refractivity contribution in [1.29, 1.82) is 0 Å². The molecule has 0 aliphatic heterocycles. The van der Waals surface area contributed by atoms with Crippen molar-refractivity contribution in [2.45, 2.75) is 13.0 Å². The first kappa shape index (κ1) is 13.8. The lowest BCUT2D eigenvalue weighted by molar-refractivity contribution is 0.388. The fraction of sp³-hybridized carbons (Fsp3) is 0.308. The van der Waals surface area contributed by atoms with E-state index in [0.29, 0.717) is 0 Å². The van der Waals surface area contributed by atoms with Crippen molar-refractivity contribution in [1.82, 2.24) is 10.4 Å². The number of nitrogens with zero attached hydrogens (tertiary/aromatic N) is 1. The zero-order valence-electron chi connectivity index (χ0n) is 11.1. The van der Waals surface area contributed by atoms with E-state index in [9.17, 15) is 0 Å². The zero-order valence-corrected chi connectivity index (χ0v) is 12.0. The molecule has 0 saturated heterocycles. The topological polar surface area (TPSA) is 69.4 Å². The number of methoxy groups -OCH3 is 2. The van der Waals surface area contributed by atoms with Gasteiger partial charge in [0.2, 0.25) is 0 Å². The number of hydrogen-bond donors (Lipinski definition) is 2. The maximum atomic E-state index is 5.68. The second-order valence-corrected chi connectivity index (χ2v) is 5.26. The van der Waals surface area contributed by atoms with Gasteiger partial charge in [-0.15, -0.1) is 11.3 Å². The van der Waals surface area contributed by atoms with Gasteiger partial charge >= 0.3 is 0 Å². The first-order valence-electron chi connectivity index (χ1n) is 5.80. The lowest BCUT2D eigenvalue weighted by Crippen LogP contribution is -2.28. The van der Waals surface area contributed by atoms with E-state index in [1.807, 2.05) is 31.3 Å². The minimum absolute atomic E-state index is 0.146. The van der Waals surface area contributed by atoms with Gasteiger partial charge < -0.3 is 9.47 Å². The highest BCUT2D eigenvalue weighted by Crippen LogP contribution is 2.34. The van der Waals surface area contributed by atoms with Crippen molar-refractivity contribution in [2.24, 2.45) is 5.84 Å².